The van der Waals surface area contributed by atoms with E-state index in [2.05, 4.69) is 93.6 Å². The number of fused-ring (bicyclic) bond motifs is 4. The molecule has 0 unspecified atom stereocenters. The summed E-state index contributed by atoms with van der Waals surface area (Å²) in [6, 6.07) is 40.7. The third-order valence-corrected chi connectivity index (χ3v) is 6.62. The summed E-state index contributed by atoms with van der Waals surface area (Å²) in [4.78, 5) is 8.84. The van der Waals surface area contributed by atoms with Crippen molar-refractivity contribution in [2.75, 3.05) is 7.05 Å². The van der Waals surface area contributed by atoms with E-state index in [9.17, 15) is 0 Å². The van der Waals surface area contributed by atoms with E-state index in [0.29, 0.717) is 6.04 Å². The van der Waals surface area contributed by atoms with Crippen molar-refractivity contribution < 1.29 is 24.7 Å². The predicted molar refractivity (Wildman–Crippen MR) is 154 cm³/mol. The zero-order valence-corrected chi connectivity index (χ0v) is 24.4. The topological polar surface area (TPSA) is 36.7 Å². The molecule has 3 aromatic carbocycles. The molecule has 7 rings (SSSR count). The van der Waals surface area contributed by atoms with Crippen molar-refractivity contribution in [3.63, 3.8) is 0 Å². The van der Waals surface area contributed by atoms with Gasteiger partial charge in [-0.25, -0.2) is 4.98 Å². The van der Waals surface area contributed by atoms with Crippen LogP contribution >= 0.6 is 0 Å². The van der Waals surface area contributed by atoms with Gasteiger partial charge in [-0.2, -0.15) is 6.07 Å². The molecule has 3 aromatic heterocycles. The molecule has 1 aliphatic heterocycles. The zero-order chi connectivity index (χ0) is 26.1. The molecule has 0 amide bonds. The summed E-state index contributed by atoms with van der Waals surface area (Å²) >= 11 is 0. The van der Waals surface area contributed by atoms with Crippen LogP contribution in [-0.4, -0.2) is 32.2 Å². The Hall–Kier alpha value is -4.21. The first-order valence-corrected chi connectivity index (χ1v) is 12.7. The third kappa shape index (κ3) is 4.98. The fourth-order valence-corrected chi connectivity index (χ4v) is 4.90. The predicted octanol–water partition coefficient (Wildman–Crippen LogP) is 7.41. The van der Waals surface area contributed by atoms with Crippen molar-refractivity contribution in [2.24, 2.45) is 0 Å². The van der Waals surface area contributed by atoms with E-state index >= 15 is 0 Å². The quantitative estimate of drug-likeness (QED) is 0.144. The van der Waals surface area contributed by atoms with Crippen molar-refractivity contribution in [3.8, 4) is 11.3 Å². The molecular formula is C33H27IrN5. The second-order valence-corrected chi connectivity index (χ2v) is 9.43. The molecule has 0 bridgehead atoms. The van der Waals surface area contributed by atoms with Crippen LogP contribution in [0.4, 0.5) is 17.1 Å². The molecule has 0 atom stereocenters. The summed E-state index contributed by atoms with van der Waals surface area (Å²) in [5.41, 5.74) is 7.46. The van der Waals surface area contributed by atoms with Crippen molar-refractivity contribution >= 4 is 45.0 Å². The van der Waals surface area contributed by atoms with Gasteiger partial charge in [0.25, 0.3) is 11.4 Å². The number of aromatic nitrogens is 3. The average Bonchev–Trinajstić information content (AvgIpc) is 3.49. The maximum absolute atomic E-state index is 4.63. The van der Waals surface area contributed by atoms with Crippen LogP contribution in [0.3, 0.4) is 0 Å². The van der Waals surface area contributed by atoms with Gasteiger partial charge in [0.05, 0.1) is 0 Å². The van der Waals surface area contributed by atoms with E-state index < -0.39 is 0 Å². The number of hydrogen-bond donors (Lipinski definition) is 0. The average molecular weight is 686 g/mol. The molecule has 0 aliphatic carbocycles. The summed E-state index contributed by atoms with van der Waals surface area (Å²) in [5.74, 6) is 0. The first-order chi connectivity index (χ1) is 18.6. The summed E-state index contributed by atoms with van der Waals surface area (Å²) in [7, 11) is 2.02. The molecule has 0 spiro atoms. The summed E-state index contributed by atoms with van der Waals surface area (Å²) in [6.45, 7) is 4.39. The third-order valence-electron chi connectivity index (χ3n) is 6.62. The minimum Gasteiger partial charge on any atom is -0.347 e. The zero-order valence-electron chi connectivity index (χ0n) is 22.0. The SMILES string of the molecule is CC(C)n1c2cc([N+]3=C=[N+](C)c4ccccc43)[c-]cc2c2cccnc21.[Ir].[c-]1ccccc1-c1ccccn1. The van der Waals surface area contributed by atoms with E-state index in [0.717, 1.165) is 34.0 Å². The number of nitrogens with zero attached hydrogens (tertiary/aromatic N) is 5. The Labute approximate surface area is 241 Å². The van der Waals surface area contributed by atoms with Gasteiger partial charge < -0.3 is 9.55 Å². The molecule has 193 valence electrons. The number of pyridine rings is 2. The largest absolute Gasteiger partial charge is 0.494 e. The Kier molecular flexibility index (Phi) is 7.62. The summed E-state index contributed by atoms with van der Waals surface area (Å²) in [5, 5.41) is 2.36. The fraction of sp³-hybridized carbons (Fsp3) is 0.121. The van der Waals surface area contributed by atoms with Crippen molar-refractivity contribution in [2.45, 2.75) is 19.9 Å². The monoisotopic (exact) mass is 686 g/mol. The Morgan fingerprint density at radius 3 is 2.33 bits per heavy atom. The first kappa shape index (κ1) is 26.4. The Morgan fingerprint density at radius 2 is 1.59 bits per heavy atom. The second-order valence-electron chi connectivity index (χ2n) is 9.43. The van der Waals surface area contributed by atoms with Gasteiger partial charge in [0.1, 0.15) is 11.3 Å². The first-order valence-electron chi connectivity index (χ1n) is 12.7. The Morgan fingerprint density at radius 1 is 0.821 bits per heavy atom. The van der Waals surface area contributed by atoms with Gasteiger partial charge >= 0.3 is 6.01 Å². The molecule has 0 saturated heterocycles. The van der Waals surface area contributed by atoms with E-state index in [1.807, 2.05) is 66.4 Å². The van der Waals surface area contributed by atoms with Crippen LogP contribution in [0.15, 0.2) is 103 Å². The van der Waals surface area contributed by atoms with Crippen LogP contribution in [-0.2, 0) is 20.1 Å². The van der Waals surface area contributed by atoms with Crippen LogP contribution in [0.2, 0.25) is 0 Å². The minimum absolute atomic E-state index is 0. The molecule has 4 heterocycles. The minimum atomic E-state index is 0. The molecule has 1 aliphatic rings. The van der Waals surface area contributed by atoms with Crippen LogP contribution in [0, 0.1) is 12.1 Å². The Balaban J connectivity index is 0.000000200. The number of para-hydroxylation sites is 2. The van der Waals surface area contributed by atoms with Crippen molar-refractivity contribution in [3.05, 3.63) is 116 Å². The normalized spacial score (nSPS) is 11.9. The molecular weight excluding hydrogens is 659 g/mol. The van der Waals surface area contributed by atoms with Crippen LogP contribution in [0.5, 0.6) is 0 Å². The van der Waals surface area contributed by atoms with E-state index in [-0.39, 0.29) is 20.1 Å². The molecule has 5 nitrogen and oxygen atoms in total. The van der Waals surface area contributed by atoms with Gasteiger partial charge in [-0.15, -0.1) is 47.3 Å². The fourth-order valence-electron chi connectivity index (χ4n) is 4.90. The van der Waals surface area contributed by atoms with Gasteiger partial charge in [0.2, 0.25) is 0 Å². The van der Waals surface area contributed by atoms with Gasteiger partial charge in [0, 0.05) is 50.7 Å². The molecule has 6 heteroatoms. The van der Waals surface area contributed by atoms with E-state index in [1.165, 1.54) is 16.3 Å². The molecule has 0 saturated carbocycles. The smallest absolute Gasteiger partial charge is 0.347 e. The van der Waals surface area contributed by atoms with Crippen LogP contribution < -0.4 is 4.58 Å². The van der Waals surface area contributed by atoms with Crippen molar-refractivity contribution in [1.82, 2.24) is 19.1 Å². The Bertz CT molecular complexity index is 1800. The van der Waals surface area contributed by atoms with Crippen molar-refractivity contribution in [1.29, 1.82) is 0 Å². The summed E-state index contributed by atoms with van der Waals surface area (Å²) < 4.78 is 6.39. The van der Waals surface area contributed by atoms with Crippen LogP contribution in [0.1, 0.15) is 19.9 Å². The summed E-state index contributed by atoms with van der Waals surface area (Å²) in [6.07, 6.45) is 3.65. The van der Waals surface area contributed by atoms with Gasteiger partial charge in [-0.1, -0.05) is 51.1 Å². The number of hydrogen-bond acceptors (Lipinski definition) is 2. The molecule has 0 fully saturated rings. The van der Waals surface area contributed by atoms with Crippen LogP contribution in [0.25, 0.3) is 33.2 Å². The van der Waals surface area contributed by atoms with Gasteiger partial charge in [0.15, 0.2) is 7.05 Å². The van der Waals surface area contributed by atoms with Gasteiger partial charge in [-0.05, 0) is 37.1 Å². The second kappa shape index (κ2) is 11.3. The maximum Gasteiger partial charge on any atom is 0.494 e. The van der Waals surface area contributed by atoms with E-state index in [4.69, 9.17) is 0 Å². The van der Waals surface area contributed by atoms with E-state index in [1.54, 1.807) is 6.20 Å². The van der Waals surface area contributed by atoms with Gasteiger partial charge in [-0.3, -0.25) is 0 Å². The molecule has 6 aromatic rings. The standard InChI is InChI=1S/C22H19N4.C11H8N.Ir/c1-15(2)26-21-13-16(10-11-17(21)18-7-6-12-23-22(18)26)25-14-24(3)19-8-4-5-9-20(19)25;1-2-6-10(7-3-1)11-8-4-5-9-12-11;/h4-9,11-13,15H,1-3H3;1-6,8-9H;/q+1;-1;. The maximum atomic E-state index is 4.63. The number of benzene rings is 3. The molecule has 1 radical (unpaired) electrons. The number of rotatable bonds is 3. The molecule has 0 N–H and O–H groups in total. The molecule has 39 heavy (non-hydrogen) atoms.